The highest BCUT2D eigenvalue weighted by atomic mass is 16.5. The molecule has 0 saturated heterocycles. The van der Waals surface area contributed by atoms with Crippen LogP contribution in [0.5, 0.6) is 0 Å². The summed E-state index contributed by atoms with van der Waals surface area (Å²) in [6.45, 7) is 11.0. The maximum atomic E-state index is 4.96. The quantitative estimate of drug-likeness (QED) is 0.541. The molecular formula is C11H26N2O. The van der Waals surface area contributed by atoms with Gasteiger partial charge in [0, 0.05) is 13.7 Å². The van der Waals surface area contributed by atoms with Gasteiger partial charge in [0.1, 0.15) is 0 Å². The minimum absolute atomic E-state index is 0.812. The Balaban J connectivity index is 3.15. The van der Waals surface area contributed by atoms with Gasteiger partial charge < -0.3 is 15.0 Å². The first-order valence-corrected chi connectivity index (χ1v) is 5.77. The zero-order chi connectivity index (χ0) is 10.6. The molecule has 0 fully saturated rings. The van der Waals surface area contributed by atoms with Crippen molar-refractivity contribution >= 4 is 0 Å². The minimum Gasteiger partial charge on any atom is -0.383 e. The number of nitrogens with one attached hydrogen (secondary N) is 1. The van der Waals surface area contributed by atoms with E-state index in [1.807, 2.05) is 0 Å². The van der Waals surface area contributed by atoms with E-state index in [2.05, 4.69) is 24.1 Å². The summed E-state index contributed by atoms with van der Waals surface area (Å²) in [6.07, 6.45) is 2.49. The van der Waals surface area contributed by atoms with Gasteiger partial charge in [-0.1, -0.05) is 13.8 Å². The van der Waals surface area contributed by atoms with E-state index in [0.717, 1.165) is 19.7 Å². The molecule has 0 aromatic heterocycles. The molecule has 0 aliphatic rings. The Morgan fingerprint density at radius 2 is 1.93 bits per heavy atom. The maximum absolute atomic E-state index is 4.96. The first kappa shape index (κ1) is 13.9. The first-order valence-electron chi connectivity index (χ1n) is 5.77. The Hall–Kier alpha value is -0.120. The van der Waals surface area contributed by atoms with Crippen LogP contribution in [0.3, 0.4) is 0 Å². The van der Waals surface area contributed by atoms with Gasteiger partial charge in [-0.2, -0.15) is 0 Å². The summed E-state index contributed by atoms with van der Waals surface area (Å²) >= 11 is 0. The zero-order valence-electron chi connectivity index (χ0n) is 10.0. The van der Waals surface area contributed by atoms with Crippen molar-refractivity contribution < 1.29 is 4.74 Å². The van der Waals surface area contributed by atoms with Crippen molar-refractivity contribution in [1.82, 2.24) is 10.2 Å². The van der Waals surface area contributed by atoms with Gasteiger partial charge in [-0.25, -0.2) is 0 Å². The molecule has 0 heterocycles. The van der Waals surface area contributed by atoms with Gasteiger partial charge in [0.2, 0.25) is 0 Å². The summed E-state index contributed by atoms with van der Waals surface area (Å²) in [4.78, 5) is 2.50. The van der Waals surface area contributed by atoms with Crippen LogP contribution in [0.4, 0.5) is 0 Å². The lowest BCUT2D eigenvalue weighted by molar-refractivity contribution is 0.198. The molecule has 0 radical (unpaired) electrons. The summed E-state index contributed by atoms with van der Waals surface area (Å²) in [5, 5.41) is 3.36. The molecule has 1 N–H and O–H groups in total. The molecule has 3 nitrogen and oxygen atoms in total. The number of hydrogen-bond donors (Lipinski definition) is 1. The molecule has 3 heteroatoms. The SMILES string of the molecule is CCCN(CC)CCCNCCOC. The largest absolute Gasteiger partial charge is 0.383 e. The number of ether oxygens (including phenoxy) is 1. The third-order valence-electron chi connectivity index (χ3n) is 2.30. The smallest absolute Gasteiger partial charge is 0.0587 e. The van der Waals surface area contributed by atoms with Crippen LogP contribution in [0.2, 0.25) is 0 Å². The molecule has 0 atom stereocenters. The lowest BCUT2D eigenvalue weighted by atomic mass is 10.3. The van der Waals surface area contributed by atoms with Crippen molar-refractivity contribution in [3.05, 3.63) is 0 Å². The molecule has 0 bridgehead atoms. The molecule has 0 aromatic carbocycles. The molecule has 0 amide bonds. The van der Waals surface area contributed by atoms with Gasteiger partial charge in [0.05, 0.1) is 6.61 Å². The fourth-order valence-corrected chi connectivity index (χ4v) is 1.47. The maximum Gasteiger partial charge on any atom is 0.0587 e. The highest BCUT2D eigenvalue weighted by Crippen LogP contribution is 1.92. The standard InChI is InChI=1S/C11H26N2O/c1-4-9-13(5-2)10-6-7-12-8-11-14-3/h12H,4-11H2,1-3H3. The Morgan fingerprint density at radius 3 is 2.50 bits per heavy atom. The van der Waals surface area contributed by atoms with E-state index in [1.54, 1.807) is 7.11 Å². The summed E-state index contributed by atoms with van der Waals surface area (Å²) in [5.74, 6) is 0. The van der Waals surface area contributed by atoms with Crippen molar-refractivity contribution in [3.63, 3.8) is 0 Å². The van der Waals surface area contributed by atoms with E-state index in [-0.39, 0.29) is 0 Å². The Kier molecular flexibility index (Phi) is 10.9. The lowest BCUT2D eigenvalue weighted by Gasteiger charge is -2.19. The molecule has 0 spiro atoms. The Labute approximate surface area is 88.8 Å². The monoisotopic (exact) mass is 202 g/mol. The molecule has 0 rings (SSSR count). The normalized spacial score (nSPS) is 11.1. The second kappa shape index (κ2) is 11.0. The van der Waals surface area contributed by atoms with Crippen molar-refractivity contribution in [2.75, 3.05) is 46.4 Å². The zero-order valence-corrected chi connectivity index (χ0v) is 10.0. The van der Waals surface area contributed by atoms with Crippen molar-refractivity contribution in [3.8, 4) is 0 Å². The van der Waals surface area contributed by atoms with E-state index in [4.69, 9.17) is 4.74 Å². The summed E-state index contributed by atoms with van der Waals surface area (Å²) in [6, 6.07) is 0. The number of methoxy groups -OCH3 is 1. The van der Waals surface area contributed by atoms with Crippen LogP contribution in [0.1, 0.15) is 26.7 Å². The fourth-order valence-electron chi connectivity index (χ4n) is 1.47. The van der Waals surface area contributed by atoms with Crippen LogP contribution in [0, 0.1) is 0 Å². The minimum atomic E-state index is 0.812. The lowest BCUT2D eigenvalue weighted by Crippen LogP contribution is -2.29. The Bertz CT molecular complexity index is 109. The highest BCUT2D eigenvalue weighted by Gasteiger charge is 1.98. The van der Waals surface area contributed by atoms with Crippen LogP contribution in [0.25, 0.3) is 0 Å². The number of hydrogen-bond acceptors (Lipinski definition) is 3. The topological polar surface area (TPSA) is 24.5 Å². The van der Waals surface area contributed by atoms with Crippen LogP contribution >= 0.6 is 0 Å². The van der Waals surface area contributed by atoms with Crippen molar-refractivity contribution in [2.45, 2.75) is 26.7 Å². The predicted molar refractivity (Wildman–Crippen MR) is 61.8 cm³/mol. The van der Waals surface area contributed by atoms with Gasteiger partial charge in [0.15, 0.2) is 0 Å². The molecule has 0 unspecified atom stereocenters. The second-order valence-corrected chi connectivity index (χ2v) is 3.53. The van der Waals surface area contributed by atoms with Gasteiger partial charge in [-0.3, -0.25) is 0 Å². The van der Waals surface area contributed by atoms with E-state index in [0.29, 0.717) is 0 Å². The van der Waals surface area contributed by atoms with Crippen LogP contribution in [-0.2, 0) is 4.74 Å². The van der Waals surface area contributed by atoms with Crippen molar-refractivity contribution in [1.29, 1.82) is 0 Å². The molecular weight excluding hydrogens is 176 g/mol. The molecule has 0 aromatic rings. The van der Waals surface area contributed by atoms with Crippen LogP contribution in [-0.4, -0.2) is 51.3 Å². The predicted octanol–water partition coefficient (Wildman–Crippen LogP) is 1.34. The first-order chi connectivity index (χ1) is 6.85. The summed E-state index contributed by atoms with van der Waals surface area (Å²) in [5.41, 5.74) is 0. The summed E-state index contributed by atoms with van der Waals surface area (Å²) in [7, 11) is 1.74. The molecule has 86 valence electrons. The van der Waals surface area contributed by atoms with E-state index in [1.165, 1.54) is 32.5 Å². The van der Waals surface area contributed by atoms with Gasteiger partial charge in [-0.05, 0) is 39.0 Å². The second-order valence-electron chi connectivity index (χ2n) is 3.53. The molecule has 0 aliphatic carbocycles. The molecule has 0 aliphatic heterocycles. The van der Waals surface area contributed by atoms with E-state index >= 15 is 0 Å². The third-order valence-corrected chi connectivity index (χ3v) is 2.30. The highest BCUT2D eigenvalue weighted by molar-refractivity contribution is 4.56. The summed E-state index contributed by atoms with van der Waals surface area (Å²) < 4.78 is 4.96. The number of rotatable bonds is 10. The van der Waals surface area contributed by atoms with Crippen molar-refractivity contribution in [2.24, 2.45) is 0 Å². The van der Waals surface area contributed by atoms with Crippen LogP contribution < -0.4 is 5.32 Å². The van der Waals surface area contributed by atoms with Crippen LogP contribution in [0.15, 0.2) is 0 Å². The number of nitrogens with zero attached hydrogens (tertiary/aromatic N) is 1. The third kappa shape index (κ3) is 8.48. The molecule has 0 saturated carbocycles. The van der Waals surface area contributed by atoms with Gasteiger partial charge >= 0.3 is 0 Å². The fraction of sp³-hybridized carbons (Fsp3) is 1.00. The Morgan fingerprint density at radius 1 is 1.14 bits per heavy atom. The average molecular weight is 202 g/mol. The molecule has 14 heavy (non-hydrogen) atoms. The van der Waals surface area contributed by atoms with E-state index in [9.17, 15) is 0 Å². The average Bonchev–Trinajstić information content (AvgIpc) is 2.21. The van der Waals surface area contributed by atoms with E-state index < -0.39 is 0 Å². The van der Waals surface area contributed by atoms with Gasteiger partial charge in [-0.15, -0.1) is 0 Å². The van der Waals surface area contributed by atoms with Gasteiger partial charge in [0.25, 0.3) is 0 Å².